The van der Waals surface area contributed by atoms with Crippen LogP contribution < -0.4 is 5.32 Å². The molecule has 1 fully saturated rings. The molecule has 0 spiro atoms. The predicted molar refractivity (Wildman–Crippen MR) is 105 cm³/mol. The molecular formula is C21H28N4O2. The number of phenolic OH excluding ortho intramolecular Hbond substituents is 1. The van der Waals surface area contributed by atoms with Gasteiger partial charge in [-0.15, -0.1) is 0 Å². The number of pyridine rings is 1. The highest BCUT2D eigenvalue weighted by Crippen LogP contribution is 2.14. The van der Waals surface area contributed by atoms with Crippen LogP contribution in [0, 0.1) is 0 Å². The summed E-state index contributed by atoms with van der Waals surface area (Å²) < 4.78 is 0. The average Bonchev–Trinajstić information content (AvgIpc) is 3.23. The van der Waals surface area contributed by atoms with Crippen molar-refractivity contribution < 1.29 is 9.90 Å². The maximum atomic E-state index is 12.9. The van der Waals surface area contributed by atoms with E-state index < -0.39 is 0 Å². The number of nitrogens with zero attached hydrogens (tertiary/aromatic N) is 3. The Morgan fingerprint density at radius 1 is 1.19 bits per heavy atom. The minimum Gasteiger partial charge on any atom is -0.508 e. The van der Waals surface area contributed by atoms with Crippen LogP contribution >= 0.6 is 0 Å². The van der Waals surface area contributed by atoms with Gasteiger partial charge in [-0.3, -0.25) is 9.88 Å². The highest BCUT2D eigenvalue weighted by Gasteiger charge is 2.20. The van der Waals surface area contributed by atoms with Crippen LogP contribution in [0.5, 0.6) is 5.75 Å². The van der Waals surface area contributed by atoms with Crippen molar-refractivity contribution in [3.8, 4) is 5.75 Å². The number of likely N-dealkylation sites (tertiary alicyclic amines) is 1. The molecule has 0 aliphatic carbocycles. The molecule has 1 aliphatic heterocycles. The van der Waals surface area contributed by atoms with Gasteiger partial charge in [0.15, 0.2) is 0 Å². The first-order valence-electron chi connectivity index (χ1n) is 9.55. The lowest BCUT2D eigenvalue weighted by Gasteiger charge is -2.27. The number of hydrogen-bond acceptors (Lipinski definition) is 4. The molecule has 2 aromatic rings. The Kier molecular flexibility index (Phi) is 6.65. The molecule has 144 valence electrons. The van der Waals surface area contributed by atoms with E-state index in [1.807, 2.05) is 24.3 Å². The molecule has 2 amide bonds. The van der Waals surface area contributed by atoms with Gasteiger partial charge >= 0.3 is 6.03 Å². The third-order valence-electron chi connectivity index (χ3n) is 5.01. The summed E-state index contributed by atoms with van der Waals surface area (Å²) in [6.45, 7) is 5.99. The molecule has 1 unspecified atom stereocenters. The van der Waals surface area contributed by atoms with Crippen molar-refractivity contribution in [2.75, 3.05) is 19.6 Å². The maximum absolute atomic E-state index is 12.9. The molecule has 0 saturated carbocycles. The van der Waals surface area contributed by atoms with Gasteiger partial charge in [-0.2, -0.15) is 0 Å². The SMILES string of the molecule is CC(CNC(=O)N(Cc1ccc(O)cc1)Cc1cccnc1)N1CCCC1. The molecule has 1 atom stereocenters. The minimum absolute atomic E-state index is 0.0852. The Bertz CT molecular complexity index is 715. The topological polar surface area (TPSA) is 68.7 Å². The Balaban J connectivity index is 1.63. The first-order valence-corrected chi connectivity index (χ1v) is 9.55. The minimum atomic E-state index is -0.0852. The number of amides is 2. The molecule has 27 heavy (non-hydrogen) atoms. The number of nitrogens with one attached hydrogen (secondary N) is 1. The van der Waals surface area contributed by atoms with Crippen LogP contribution in [0.4, 0.5) is 4.79 Å². The van der Waals surface area contributed by atoms with E-state index in [4.69, 9.17) is 0 Å². The van der Waals surface area contributed by atoms with Crippen LogP contribution in [0.3, 0.4) is 0 Å². The van der Waals surface area contributed by atoms with E-state index in [9.17, 15) is 9.90 Å². The Hall–Kier alpha value is -2.60. The fourth-order valence-corrected chi connectivity index (χ4v) is 3.39. The second-order valence-corrected chi connectivity index (χ2v) is 7.16. The molecule has 1 aliphatic rings. The Morgan fingerprint density at radius 2 is 1.89 bits per heavy atom. The van der Waals surface area contributed by atoms with E-state index in [-0.39, 0.29) is 11.8 Å². The van der Waals surface area contributed by atoms with Gasteiger partial charge in [0, 0.05) is 38.1 Å². The summed E-state index contributed by atoms with van der Waals surface area (Å²) in [5.74, 6) is 0.224. The van der Waals surface area contributed by atoms with Crippen LogP contribution in [0.15, 0.2) is 48.8 Å². The zero-order valence-electron chi connectivity index (χ0n) is 15.8. The van der Waals surface area contributed by atoms with Gasteiger partial charge in [0.1, 0.15) is 5.75 Å². The molecule has 6 heteroatoms. The Labute approximate surface area is 160 Å². The fourth-order valence-electron chi connectivity index (χ4n) is 3.39. The van der Waals surface area contributed by atoms with Crippen molar-refractivity contribution in [2.24, 2.45) is 0 Å². The zero-order valence-corrected chi connectivity index (χ0v) is 15.8. The van der Waals surface area contributed by atoms with Crippen molar-refractivity contribution in [2.45, 2.75) is 38.9 Å². The van der Waals surface area contributed by atoms with E-state index in [2.05, 4.69) is 22.1 Å². The number of hydrogen-bond donors (Lipinski definition) is 2. The number of carbonyl (C=O) groups is 1. The molecule has 1 aromatic carbocycles. The van der Waals surface area contributed by atoms with Crippen molar-refractivity contribution >= 4 is 6.03 Å². The molecule has 1 saturated heterocycles. The van der Waals surface area contributed by atoms with Crippen LogP contribution in [-0.2, 0) is 13.1 Å². The van der Waals surface area contributed by atoms with E-state index in [0.29, 0.717) is 25.7 Å². The van der Waals surface area contributed by atoms with Crippen molar-refractivity contribution in [1.82, 2.24) is 20.1 Å². The molecular weight excluding hydrogens is 340 g/mol. The summed E-state index contributed by atoms with van der Waals surface area (Å²) in [6.07, 6.45) is 5.99. The highest BCUT2D eigenvalue weighted by molar-refractivity contribution is 5.74. The van der Waals surface area contributed by atoms with Gasteiger partial charge in [-0.1, -0.05) is 18.2 Å². The van der Waals surface area contributed by atoms with E-state index in [0.717, 1.165) is 24.2 Å². The number of phenols is 1. The summed E-state index contributed by atoms with van der Waals surface area (Å²) in [5, 5.41) is 12.6. The van der Waals surface area contributed by atoms with Gasteiger partial charge in [0.2, 0.25) is 0 Å². The molecule has 1 aromatic heterocycles. The van der Waals surface area contributed by atoms with Crippen LogP contribution in [0.2, 0.25) is 0 Å². The molecule has 0 radical (unpaired) electrons. The van der Waals surface area contributed by atoms with Gasteiger partial charge in [-0.05, 0) is 62.2 Å². The summed E-state index contributed by atoms with van der Waals surface area (Å²) in [4.78, 5) is 21.2. The Morgan fingerprint density at radius 3 is 2.56 bits per heavy atom. The lowest BCUT2D eigenvalue weighted by atomic mass is 10.2. The quantitative estimate of drug-likeness (QED) is 0.788. The number of urea groups is 1. The van der Waals surface area contributed by atoms with Gasteiger partial charge in [-0.25, -0.2) is 4.79 Å². The fraction of sp³-hybridized carbons (Fsp3) is 0.429. The number of aromatic nitrogens is 1. The van der Waals surface area contributed by atoms with Crippen LogP contribution in [0.1, 0.15) is 30.9 Å². The standard InChI is InChI=1S/C21H28N4O2/c1-17(24-11-2-3-12-24)13-23-21(27)25(16-19-5-4-10-22-14-19)15-18-6-8-20(26)9-7-18/h4-10,14,17,26H,2-3,11-13,15-16H2,1H3,(H,23,27). The van der Waals surface area contributed by atoms with Gasteiger partial charge in [0.05, 0.1) is 0 Å². The first kappa shape index (κ1) is 19.2. The lowest BCUT2D eigenvalue weighted by molar-refractivity contribution is 0.185. The second kappa shape index (κ2) is 9.37. The highest BCUT2D eigenvalue weighted by atomic mass is 16.3. The maximum Gasteiger partial charge on any atom is 0.318 e. The third kappa shape index (κ3) is 5.69. The predicted octanol–water partition coefficient (Wildman–Crippen LogP) is 2.98. The molecule has 2 heterocycles. The van der Waals surface area contributed by atoms with Crippen molar-refractivity contribution in [1.29, 1.82) is 0 Å². The number of aromatic hydroxyl groups is 1. The first-order chi connectivity index (χ1) is 13.1. The van der Waals surface area contributed by atoms with Crippen LogP contribution in [0.25, 0.3) is 0 Å². The largest absolute Gasteiger partial charge is 0.508 e. The molecule has 2 N–H and O–H groups in total. The van der Waals surface area contributed by atoms with Crippen LogP contribution in [-0.4, -0.2) is 51.6 Å². The molecule has 6 nitrogen and oxygen atoms in total. The second-order valence-electron chi connectivity index (χ2n) is 7.16. The molecule has 3 rings (SSSR count). The number of benzene rings is 1. The third-order valence-corrected chi connectivity index (χ3v) is 5.01. The normalized spacial score (nSPS) is 15.4. The van der Waals surface area contributed by atoms with E-state index in [1.54, 1.807) is 29.4 Å². The monoisotopic (exact) mass is 368 g/mol. The van der Waals surface area contributed by atoms with E-state index in [1.165, 1.54) is 12.8 Å². The van der Waals surface area contributed by atoms with Crippen molar-refractivity contribution in [3.05, 3.63) is 59.9 Å². The van der Waals surface area contributed by atoms with Gasteiger partial charge < -0.3 is 15.3 Å². The zero-order chi connectivity index (χ0) is 19.1. The molecule has 0 bridgehead atoms. The number of carbonyl (C=O) groups excluding carboxylic acids is 1. The summed E-state index contributed by atoms with van der Waals surface area (Å²) in [7, 11) is 0. The smallest absolute Gasteiger partial charge is 0.318 e. The average molecular weight is 368 g/mol. The summed E-state index contributed by atoms with van der Waals surface area (Å²) >= 11 is 0. The number of rotatable bonds is 7. The summed E-state index contributed by atoms with van der Waals surface area (Å²) in [6, 6.07) is 11.1. The van der Waals surface area contributed by atoms with E-state index >= 15 is 0 Å². The van der Waals surface area contributed by atoms with Crippen molar-refractivity contribution in [3.63, 3.8) is 0 Å². The summed E-state index contributed by atoms with van der Waals surface area (Å²) in [5.41, 5.74) is 1.96. The van der Waals surface area contributed by atoms with Gasteiger partial charge in [0.25, 0.3) is 0 Å². The lowest BCUT2D eigenvalue weighted by Crippen LogP contribution is -2.45.